The molecule has 5 nitrogen and oxygen atoms in total. The molecule has 1 aromatic rings. The molecule has 1 rings (SSSR count). The van der Waals surface area contributed by atoms with E-state index in [-0.39, 0.29) is 5.56 Å². The number of nitrogens with two attached hydrogens (primary N) is 1. The van der Waals surface area contributed by atoms with Crippen LogP contribution < -0.4 is 16.6 Å². The number of nitrogens with one attached hydrogen (secondary N) is 1. The van der Waals surface area contributed by atoms with Crippen molar-refractivity contribution < 1.29 is 0 Å². The van der Waals surface area contributed by atoms with Gasteiger partial charge in [-0.2, -0.15) is 0 Å². The summed E-state index contributed by atoms with van der Waals surface area (Å²) in [6.07, 6.45) is 3.26. The number of hydrogen-bond donors (Lipinski definition) is 2. The number of hydrogen-bond acceptors (Lipinski definition) is 4. The highest BCUT2D eigenvalue weighted by molar-refractivity contribution is 5.30. The highest BCUT2D eigenvalue weighted by Crippen LogP contribution is 1.91. The predicted molar refractivity (Wildman–Crippen MR) is 51.7 cm³/mol. The number of rotatable bonds is 4. The molecule has 0 bridgehead atoms. The molecule has 0 amide bonds. The lowest BCUT2D eigenvalue weighted by Gasteiger charge is -2.05. The molecule has 1 heterocycles. The Kier molecular flexibility index (Phi) is 3.45. The summed E-state index contributed by atoms with van der Waals surface area (Å²) in [6.45, 7) is 3.62. The third kappa shape index (κ3) is 2.29. The van der Waals surface area contributed by atoms with Crippen molar-refractivity contribution in [2.24, 2.45) is 5.73 Å². The minimum absolute atomic E-state index is 0.0987. The van der Waals surface area contributed by atoms with E-state index in [1.807, 2.05) is 6.92 Å². The first kappa shape index (κ1) is 9.73. The second-order valence-electron chi connectivity index (χ2n) is 2.58. The maximum atomic E-state index is 11.5. The smallest absolute Gasteiger partial charge is 0.293 e. The zero-order valence-electron chi connectivity index (χ0n) is 7.66. The van der Waals surface area contributed by atoms with Gasteiger partial charge in [-0.15, -0.1) is 0 Å². The summed E-state index contributed by atoms with van der Waals surface area (Å²) in [4.78, 5) is 15.4. The molecule has 0 atom stereocenters. The van der Waals surface area contributed by atoms with Crippen LogP contribution in [0.4, 0.5) is 5.82 Å². The van der Waals surface area contributed by atoms with E-state index in [0.29, 0.717) is 25.5 Å². The topological polar surface area (TPSA) is 72.9 Å². The molecule has 0 aromatic carbocycles. The van der Waals surface area contributed by atoms with Gasteiger partial charge in [-0.05, 0) is 6.92 Å². The average molecular weight is 182 g/mol. The molecule has 0 aliphatic heterocycles. The van der Waals surface area contributed by atoms with Crippen molar-refractivity contribution in [1.82, 2.24) is 9.55 Å². The van der Waals surface area contributed by atoms with E-state index < -0.39 is 0 Å². The van der Waals surface area contributed by atoms with Crippen molar-refractivity contribution in [3.63, 3.8) is 0 Å². The van der Waals surface area contributed by atoms with Crippen molar-refractivity contribution >= 4 is 5.82 Å². The maximum absolute atomic E-state index is 11.5. The second kappa shape index (κ2) is 4.61. The number of anilines is 1. The molecule has 13 heavy (non-hydrogen) atoms. The molecule has 0 spiro atoms. The van der Waals surface area contributed by atoms with Crippen LogP contribution >= 0.6 is 0 Å². The summed E-state index contributed by atoms with van der Waals surface area (Å²) >= 11 is 0. The quantitative estimate of drug-likeness (QED) is 0.666. The van der Waals surface area contributed by atoms with Gasteiger partial charge in [0.05, 0.1) is 0 Å². The minimum Gasteiger partial charge on any atom is -0.364 e. The van der Waals surface area contributed by atoms with Gasteiger partial charge in [0.25, 0.3) is 5.56 Å². The highest BCUT2D eigenvalue weighted by atomic mass is 16.1. The van der Waals surface area contributed by atoms with Gasteiger partial charge in [-0.25, -0.2) is 4.98 Å². The largest absolute Gasteiger partial charge is 0.364 e. The Morgan fingerprint density at radius 2 is 2.46 bits per heavy atom. The summed E-state index contributed by atoms with van der Waals surface area (Å²) in [5, 5.41) is 2.87. The van der Waals surface area contributed by atoms with Crippen LogP contribution in [0.3, 0.4) is 0 Å². The van der Waals surface area contributed by atoms with Crippen molar-refractivity contribution in [3.05, 3.63) is 22.7 Å². The van der Waals surface area contributed by atoms with Crippen LogP contribution in [0.2, 0.25) is 0 Å². The van der Waals surface area contributed by atoms with E-state index in [9.17, 15) is 4.79 Å². The minimum atomic E-state index is -0.0987. The van der Waals surface area contributed by atoms with Gasteiger partial charge in [0, 0.05) is 32.0 Å². The summed E-state index contributed by atoms with van der Waals surface area (Å²) in [5.41, 5.74) is 5.20. The van der Waals surface area contributed by atoms with E-state index in [2.05, 4.69) is 10.3 Å². The standard InChI is InChI=1S/C8H14N4O/c1-2-12-6-5-11-7(8(12)13)10-4-3-9/h5-6H,2-4,9H2,1H3,(H,10,11). The van der Waals surface area contributed by atoms with E-state index in [0.717, 1.165) is 0 Å². The summed E-state index contributed by atoms with van der Waals surface area (Å²) in [7, 11) is 0. The van der Waals surface area contributed by atoms with Crippen LogP contribution in [-0.2, 0) is 6.54 Å². The fourth-order valence-electron chi connectivity index (χ4n) is 1.01. The molecule has 3 N–H and O–H groups in total. The van der Waals surface area contributed by atoms with Crippen LogP contribution in [0.5, 0.6) is 0 Å². The third-order valence-corrected chi connectivity index (χ3v) is 1.69. The Bertz CT molecular complexity index is 320. The summed E-state index contributed by atoms with van der Waals surface area (Å²) in [5.74, 6) is 0.370. The van der Waals surface area contributed by atoms with Crippen LogP contribution in [0.25, 0.3) is 0 Å². The first-order chi connectivity index (χ1) is 6.29. The molecule has 1 aromatic heterocycles. The van der Waals surface area contributed by atoms with Gasteiger partial charge in [-0.1, -0.05) is 0 Å². The fraction of sp³-hybridized carbons (Fsp3) is 0.500. The monoisotopic (exact) mass is 182 g/mol. The van der Waals surface area contributed by atoms with Crippen molar-refractivity contribution in [2.75, 3.05) is 18.4 Å². The molecule has 0 saturated heterocycles. The fourth-order valence-corrected chi connectivity index (χ4v) is 1.01. The zero-order valence-corrected chi connectivity index (χ0v) is 7.66. The highest BCUT2D eigenvalue weighted by Gasteiger charge is 2.00. The molecule has 0 fully saturated rings. The average Bonchev–Trinajstić information content (AvgIpc) is 2.16. The first-order valence-corrected chi connectivity index (χ1v) is 4.29. The zero-order chi connectivity index (χ0) is 9.68. The molecule has 5 heteroatoms. The lowest BCUT2D eigenvalue weighted by Crippen LogP contribution is -2.25. The van der Waals surface area contributed by atoms with Gasteiger partial charge in [-0.3, -0.25) is 4.79 Å². The molecule has 0 aliphatic carbocycles. The molecular formula is C8H14N4O. The third-order valence-electron chi connectivity index (χ3n) is 1.69. The molecule has 0 saturated carbocycles. The van der Waals surface area contributed by atoms with E-state index >= 15 is 0 Å². The normalized spacial score (nSPS) is 10.0. The Morgan fingerprint density at radius 3 is 3.08 bits per heavy atom. The number of nitrogens with zero attached hydrogens (tertiary/aromatic N) is 2. The number of aryl methyl sites for hydroxylation is 1. The Balaban J connectivity index is 2.88. The van der Waals surface area contributed by atoms with Crippen molar-refractivity contribution in [3.8, 4) is 0 Å². The van der Waals surface area contributed by atoms with Crippen LogP contribution in [0.1, 0.15) is 6.92 Å². The van der Waals surface area contributed by atoms with Crippen LogP contribution in [-0.4, -0.2) is 22.6 Å². The van der Waals surface area contributed by atoms with Gasteiger partial charge in [0.1, 0.15) is 0 Å². The van der Waals surface area contributed by atoms with E-state index in [4.69, 9.17) is 5.73 Å². The van der Waals surface area contributed by atoms with E-state index in [1.165, 1.54) is 0 Å². The summed E-state index contributed by atoms with van der Waals surface area (Å²) in [6, 6.07) is 0. The molecule has 0 aliphatic rings. The predicted octanol–water partition coefficient (Wildman–Crippen LogP) is -0.366. The SMILES string of the molecule is CCn1ccnc(NCCN)c1=O. The molecular weight excluding hydrogens is 168 g/mol. The van der Waals surface area contributed by atoms with E-state index in [1.54, 1.807) is 17.0 Å². The summed E-state index contributed by atoms with van der Waals surface area (Å²) < 4.78 is 1.59. The van der Waals surface area contributed by atoms with Gasteiger partial charge in [0.15, 0.2) is 5.82 Å². The van der Waals surface area contributed by atoms with Crippen molar-refractivity contribution in [2.45, 2.75) is 13.5 Å². The van der Waals surface area contributed by atoms with Crippen molar-refractivity contribution in [1.29, 1.82) is 0 Å². The molecule has 0 unspecified atom stereocenters. The Morgan fingerprint density at radius 1 is 1.69 bits per heavy atom. The van der Waals surface area contributed by atoms with Gasteiger partial charge >= 0.3 is 0 Å². The maximum Gasteiger partial charge on any atom is 0.293 e. The molecule has 0 radical (unpaired) electrons. The lowest BCUT2D eigenvalue weighted by atomic mass is 10.5. The molecule has 72 valence electrons. The number of aromatic nitrogens is 2. The Hall–Kier alpha value is -1.36. The van der Waals surface area contributed by atoms with Gasteiger partial charge < -0.3 is 15.6 Å². The second-order valence-corrected chi connectivity index (χ2v) is 2.58. The Labute approximate surface area is 76.6 Å². The lowest BCUT2D eigenvalue weighted by molar-refractivity contribution is 0.718. The van der Waals surface area contributed by atoms with Crippen LogP contribution in [0, 0.1) is 0 Å². The van der Waals surface area contributed by atoms with Crippen LogP contribution in [0.15, 0.2) is 17.2 Å². The first-order valence-electron chi connectivity index (χ1n) is 4.29. The van der Waals surface area contributed by atoms with Gasteiger partial charge in [0.2, 0.25) is 0 Å².